The average Bonchev–Trinajstić information content (AvgIpc) is 2.77. The molecule has 1 fully saturated rings. The van der Waals surface area contributed by atoms with E-state index in [-0.39, 0.29) is 23.1 Å². The van der Waals surface area contributed by atoms with E-state index in [1.165, 1.54) is 10.5 Å². The van der Waals surface area contributed by atoms with Gasteiger partial charge in [-0.15, -0.1) is 0 Å². The minimum Gasteiger partial charge on any atom is -0.504 e. The quantitative estimate of drug-likeness (QED) is 0.403. The molecule has 172 valence electrons. The van der Waals surface area contributed by atoms with Crippen molar-refractivity contribution in [2.45, 2.75) is 11.8 Å². The molecule has 11 heteroatoms. The number of nitrogens with zero attached hydrogens (tertiary/aromatic N) is 3. The summed E-state index contributed by atoms with van der Waals surface area (Å²) in [5, 5.41) is 14.0. The Morgan fingerprint density at radius 2 is 1.88 bits per heavy atom. The molecule has 1 aliphatic rings. The molecule has 0 atom stereocenters. The highest BCUT2D eigenvalue weighted by molar-refractivity contribution is 9.10. The van der Waals surface area contributed by atoms with Crippen molar-refractivity contribution in [1.82, 2.24) is 14.6 Å². The summed E-state index contributed by atoms with van der Waals surface area (Å²) in [5.41, 5.74) is 2.85. The number of amides is 1. The molecule has 3 rings (SSSR count). The van der Waals surface area contributed by atoms with Gasteiger partial charge in [0.1, 0.15) is 0 Å². The number of carbonyl (C=O) groups excluding carboxylic acids is 1. The number of phenolic OH excluding ortho intramolecular Hbond substituents is 1. The van der Waals surface area contributed by atoms with Crippen LogP contribution >= 0.6 is 15.9 Å². The molecule has 1 heterocycles. The van der Waals surface area contributed by atoms with Gasteiger partial charge in [0.2, 0.25) is 10.0 Å². The maximum Gasteiger partial charge on any atom is 0.254 e. The second kappa shape index (κ2) is 10.9. The number of aromatic hydroxyl groups is 1. The zero-order valence-electron chi connectivity index (χ0n) is 17.6. The van der Waals surface area contributed by atoms with Crippen LogP contribution < -0.4 is 10.2 Å². The van der Waals surface area contributed by atoms with Crippen molar-refractivity contribution in [3.8, 4) is 11.5 Å². The summed E-state index contributed by atoms with van der Waals surface area (Å²) in [4.78, 5) is 14.3. The van der Waals surface area contributed by atoms with Crippen LogP contribution in [0.15, 0.2) is 56.9 Å². The Hall–Kier alpha value is -2.47. The van der Waals surface area contributed by atoms with Gasteiger partial charge in [-0.25, -0.2) is 13.8 Å². The van der Waals surface area contributed by atoms with E-state index in [9.17, 15) is 18.3 Å². The maximum atomic E-state index is 12.8. The van der Waals surface area contributed by atoms with Crippen molar-refractivity contribution >= 4 is 38.1 Å². The zero-order valence-corrected chi connectivity index (χ0v) is 20.0. The van der Waals surface area contributed by atoms with E-state index in [1.54, 1.807) is 42.5 Å². The molecular weight excluding hydrogens is 500 g/mol. The smallest absolute Gasteiger partial charge is 0.254 e. The number of carbonyl (C=O) groups is 1. The second-order valence-corrected chi connectivity index (χ2v) is 9.91. The van der Waals surface area contributed by atoms with Gasteiger partial charge in [-0.2, -0.15) is 9.41 Å². The number of hydrazone groups is 1. The number of hydrogen-bond donors (Lipinski definition) is 2. The van der Waals surface area contributed by atoms with Gasteiger partial charge >= 0.3 is 0 Å². The monoisotopic (exact) mass is 524 g/mol. The number of sulfonamides is 1. The SMILES string of the molecule is CCOc1cccc(/C=N\NC(=O)CN2CCN(S(=O)(=O)c3ccc(Br)cc3)CC2)c1O. The number of ether oxygens (including phenoxy) is 1. The lowest BCUT2D eigenvalue weighted by Gasteiger charge is -2.33. The van der Waals surface area contributed by atoms with Crippen LogP contribution in [0.4, 0.5) is 0 Å². The van der Waals surface area contributed by atoms with E-state index >= 15 is 0 Å². The second-order valence-electron chi connectivity index (χ2n) is 7.05. The van der Waals surface area contributed by atoms with E-state index < -0.39 is 10.0 Å². The highest BCUT2D eigenvalue weighted by Gasteiger charge is 2.29. The molecule has 0 radical (unpaired) electrons. The van der Waals surface area contributed by atoms with Gasteiger partial charge in [0, 0.05) is 36.2 Å². The Morgan fingerprint density at radius 3 is 2.53 bits per heavy atom. The number of para-hydroxylation sites is 1. The molecule has 0 aromatic heterocycles. The summed E-state index contributed by atoms with van der Waals surface area (Å²) in [6.45, 7) is 3.79. The number of piperazine rings is 1. The van der Waals surface area contributed by atoms with Gasteiger partial charge in [0.15, 0.2) is 11.5 Å². The Morgan fingerprint density at radius 1 is 1.19 bits per heavy atom. The van der Waals surface area contributed by atoms with Crippen molar-refractivity contribution < 1.29 is 23.1 Å². The molecular formula is C21H25BrN4O5S. The Labute approximate surface area is 195 Å². The summed E-state index contributed by atoms with van der Waals surface area (Å²) in [6.07, 6.45) is 1.35. The van der Waals surface area contributed by atoms with Crippen LogP contribution in [0.2, 0.25) is 0 Å². The fraction of sp³-hybridized carbons (Fsp3) is 0.333. The van der Waals surface area contributed by atoms with E-state index in [0.29, 0.717) is 44.1 Å². The lowest BCUT2D eigenvalue weighted by atomic mass is 10.2. The lowest BCUT2D eigenvalue weighted by molar-refractivity contribution is -0.122. The minimum absolute atomic E-state index is 0.0459. The maximum absolute atomic E-state index is 12.8. The average molecular weight is 525 g/mol. The Balaban J connectivity index is 1.49. The third kappa shape index (κ3) is 6.06. The van der Waals surface area contributed by atoms with Crippen LogP contribution in [0.25, 0.3) is 0 Å². The number of benzene rings is 2. The van der Waals surface area contributed by atoms with Crippen LogP contribution in [0.1, 0.15) is 12.5 Å². The van der Waals surface area contributed by atoms with Gasteiger partial charge in [-0.3, -0.25) is 9.69 Å². The third-order valence-electron chi connectivity index (χ3n) is 4.87. The van der Waals surface area contributed by atoms with Crippen LogP contribution in [-0.2, 0) is 14.8 Å². The predicted octanol–water partition coefficient (Wildman–Crippen LogP) is 2.01. The van der Waals surface area contributed by atoms with E-state index in [4.69, 9.17) is 4.74 Å². The summed E-state index contributed by atoms with van der Waals surface area (Å²) >= 11 is 3.30. The van der Waals surface area contributed by atoms with E-state index in [2.05, 4.69) is 26.5 Å². The molecule has 1 aliphatic heterocycles. The lowest BCUT2D eigenvalue weighted by Crippen LogP contribution is -2.50. The fourth-order valence-corrected chi connectivity index (χ4v) is 4.90. The third-order valence-corrected chi connectivity index (χ3v) is 7.31. The summed E-state index contributed by atoms with van der Waals surface area (Å²) in [7, 11) is -3.56. The first-order valence-electron chi connectivity index (χ1n) is 10.1. The number of halogens is 1. The van der Waals surface area contributed by atoms with Gasteiger partial charge in [-0.05, 0) is 43.3 Å². The van der Waals surface area contributed by atoms with Crippen LogP contribution in [-0.4, -0.2) is 74.2 Å². The number of hydrogen-bond acceptors (Lipinski definition) is 7. The number of rotatable bonds is 8. The highest BCUT2D eigenvalue weighted by Crippen LogP contribution is 2.28. The van der Waals surface area contributed by atoms with Gasteiger partial charge < -0.3 is 9.84 Å². The van der Waals surface area contributed by atoms with Crippen molar-refractivity contribution in [3.05, 3.63) is 52.5 Å². The first-order chi connectivity index (χ1) is 15.3. The van der Waals surface area contributed by atoms with Crippen LogP contribution in [0.5, 0.6) is 11.5 Å². The molecule has 0 aliphatic carbocycles. The van der Waals surface area contributed by atoms with Gasteiger partial charge in [0.25, 0.3) is 5.91 Å². The van der Waals surface area contributed by atoms with Gasteiger partial charge in [-0.1, -0.05) is 22.0 Å². The van der Waals surface area contributed by atoms with Crippen molar-refractivity contribution in [1.29, 1.82) is 0 Å². The zero-order chi connectivity index (χ0) is 23.1. The van der Waals surface area contributed by atoms with Crippen LogP contribution in [0, 0.1) is 0 Å². The fourth-order valence-electron chi connectivity index (χ4n) is 3.21. The number of phenols is 1. The first-order valence-corrected chi connectivity index (χ1v) is 12.3. The van der Waals surface area contributed by atoms with Crippen molar-refractivity contribution in [3.63, 3.8) is 0 Å². The highest BCUT2D eigenvalue weighted by atomic mass is 79.9. The predicted molar refractivity (Wildman–Crippen MR) is 124 cm³/mol. The first kappa shape index (κ1) is 24.2. The molecule has 2 aromatic rings. The molecule has 32 heavy (non-hydrogen) atoms. The Bertz CT molecular complexity index is 1070. The normalized spacial score (nSPS) is 15.7. The minimum atomic E-state index is -3.56. The summed E-state index contributed by atoms with van der Waals surface area (Å²) in [5.74, 6) is -0.0277. The molecule has 0 spiro atoms. The van der Waals surface area contributed by atoms with Crippen molar-refractivity contribution in [2.24, 2.45) is 5.10 Å². The Kier molecular flexibility index (Phi) is 8.24. The summed E-state index contributed by atoms with van der Waals surface area (Å²) < 4.78 is 33.1. The van der Waals surface area contributed by atoms with E-state index in [0.717, 1.165) is 4.47 Å². The van der Waals surface area contributed by atoms with E-state index in [1.807, 2.05) is 11.8 Å². The number of nitrogens with one attached hydrogen (secondary N) is 1. The summed E-state index contributed by atoms with van der Waals surface area (Å²) in [6, 6.07) is 11.5. The topological polar surface area (TPSA) is 112 Å². The molecule has 0 unspecified atom stereocenters. The molecule has 9 nitrogen and oxygen atoms in total. The van der Waals surface area contributed by atoms with Crippen LogP contribution in [0.3, 0.4) is 0 Å². The standard InChI is InChI=1S/C21H25BrN4O5S/c1-2-31-19-5-3-4-16(21(19)28)14-23-24-20(27)15-25-10-12-26(13-11-25)32(29,30)18-8-6-17(22)7-9-18/h3-9,14,28H,2,10-13,15H2,1H3,(H,24,27)/b23-14-. The largest absolute Gasteiger partial charge is 0.504 e. The molecule has 2 N–H and O–H groups in total. The molecule has 1 saturated heterocycles. The molecule has 1 amide bonds. The molecule has 0 saturated carbocycles. The van der Waals surface area contributed by atoms with Gasteiger partial charge in [0.05, 0.1) is 24.3 Å². The van der Waals surface area contributed by atoms with Crippen molar-refractivity contribution in [2.75, 3.05) is 39.3 Å². The molecule has 2 aromatic carbocycles. The molecule has 0 bridgehead atoms.